The average Bonchev–Trinajstić information content (AvgIpc) is 3.13. The van der Waals surface area contributed by atoms with E-state index in [0.29, 0.717) is 32.0 Å². The summed E-state index contributed by atoms with van der Waals surface area (Å²) in [6.07, 6.45) is 0.678. The Balaban J connectivity index is 1.44. The average molecular weight is 422 g/mol. The third-order valence-electron chi connectivity index (χ3n) is 6.23. The first kappa shape index (κ1) is 21.2. The van der Waals surface area contributed by atoms with Gasteiger partial charge < -0.3 is 19.4 Å². The van der Waals surface area contributed by atoms with Crippen molar-refractivity contribution in [1.29, 1.82) is 0 Å². The maximum absolute atomic E-state index is 13.5. The molecule has 2 aromatic carbocycles. The van der Waals surface area contributed by atoms with Gasteiger partial charge in [-0.05, 0) is 48.2 Å². The SMILES string of the molecule is COc1ccc(N2CCN(C(=O)[C@@H](CC(C)C)N3Cc4ccccc4C3=O)CC2)cc1. The number of fused-ring (bicyclic) bond motifs is 1. The number of piperazine rings is 1. The van der Waals surface area contributed by atoms with E-state index in [4.69, 9.17) is 4.74 Å². The van der Waals surface area contributed by atoms with E-state index in [1.54, 1.807) is 12.0 Å². The molecule has 6 heteroatoms. The third-order valence-corrected chi connectivity index (χ3v) is 6.23. The van der Waals surface area contributed by atoms with Crippen molar-refractivity contribution in [3.63, 3.8) is 0 Å². The highest BCUT2D eigenvalue weighted by Gasteiger charge is 2.38. The summed E-state index contributed by atoms with van der Waals surface area (Å²) in [4.78, 5) is 32.6. The minimum Gasteiger partial charge on any atom is -0.497 e. The second kappa shape index (κ2) is 9.00. The standard InChI is InChI=1S/C25H31N3O3/c1-18(2)16-23(28-17-19-6-4-5-7-22(19)24(28)29)25(30)27-14-12-26(13-15-27)20-8-10-21(31-3)11-9-20/h4-11,18,23H,12-17H2,1-3H3/t23-/m1/s1. The van der Waals surface area contributed by atoms with Crippen LogP contribution in [0.15, 0.2) is 48.5 Å². The molecule has 0 radical (unpaired) electrons. The van der Waals surface area contributed by atoms with Crippen LogP contribution in [0.5, 0.6) is 5.75 Å². The number of nitrogens with zero attached hydrogens (tertiary/aromatic N) is 3. The molecule has 0 spiro atoms. The first-order valence-corrected chi connectivity index (χ1v) is 11.0. The summed E-state index contributed by atoms with van der Waals surface area (Å²) in [5, 5.41) is 0. The lowest BCUT2D eigenvalue weighted by molar-refractivity contribution is -0.137. The first-order chi connectivity index (χ1) is 15.0. The minimum atomic E-state index is -0.410. The predicted octanol–water partition coefficient (Wildman–Crippen LogP) is 3.41. The Bertz CT molecular complexity index is 933. The Kier molecular flexibility index (Phi) is 6.16. The minimum absolute atomic E-state index is 0.0218. The van der Waals surface area contributed by atoms with Gasteiger partial charge in [-0.2, -0.15) is 0 Å². The molecule has 0 aliphatic carbocycles. The molecule has 0 bridgehead atoms. The smallest absolute Gasteiger partial charge is 0.255 e. The monoisotopic (exact) mass is 421 g/mol. The lowest BCUT2D eigenvalue weighted by Crippen LogP contribution is -2.55. The molecule has 1 fully saturated rings. The second-order valence-corrected chi connectivity index (χ2v) is 8.75. The van der Waals surface area contributed by atoms with Gasteiger partial charge >= 0.3 is 0 Å². The molecular weight excluding hydrogens is 390 g/mol. The van der Waals surface area contributed by atoms with E-state index >= 15 is 0 Å². The summed E-state index contributed by atoms with van der Waals surface area (Å²) in [5.41, 5.74) is 2.88. The number of anilines is 1. The Hall–Kier alpha value is -3.02. The lowest BCUT2D eigenvalue weighted by atomic mass is 10.0. The molecule has 1 atom stereocenters. The number of rotatable bonds is 6. The van der Waals surface area contributed by atoms with Crippen molar-refractivity contribution in [3.8, 4) is 5.75 Å². The van der Waals surface area contributed by atoms with Gasteiger partial charge in [-0.15, -0.1) is 0 Å². The van der Waals surface area contributed by atoms with Crippen LogP contribution in [-0.2, 0) is 11.3 Å². The summed E-state index contributed by atoms with van der Waals surface area (Å²) in [5.74, 6) is 1.21. The molecule has 0 N–H and O–H groups in total. The van der Waals surface area contributed by atoms with Crippen LogP contribution in [0.3, 0.4) is 0 Å². The summed E-state index contributed by atoms with van der Waals surface area (Å²) in [7, 11) is 1.66. The highest BCUT2D eigenvalue weighted by Crippen LogP contribution is 2.28. The molecule has 31 heavy (non-hydrogen) atoms. The first-order valence-electron chi connectivity index (χ1n) is 11.0. The van der Waals surface area contributed by atoms with E-state index in [1.807, 2.05) is 41.3 Å². The van der Waals surface area contributed by atoms with Gasteiger partial charge in [-0.1, -0.05) is 32.0 Å². The van der Waals surface area contributed by atoms with Crippen molar-refractivity contribution in [2.75, 3.05) is 38.2 Å². The predicted molar refractivity (Wildman–Crippen MR) is 121 cm³/mol. The van der Waals surface area contributed by atoms with Gasteiger partial charge in [-0.25, -0.2) is 0 Å². The van der Waals surface area contributed by atoms with Crippen LogP contribution in [0, 0.1) is 5.92 Å². The van der Waals surface area contributed by atoms with E-state index in [9.17, 15) is 9.59 Å². The van der Waals surface area contributed by atoms with Crippen LogP contribution in [0.4, 0.5) is 5.69 Å². The summed E-state index contributed by atoms with van der Waals surface area (Å²) < 4.78 is 5.24. The molecule has 6 nitrogen and oxygen atoms in total. The van der Waals surface area contributed by atoms with Crippen LogP contribution in [0.1, 0.15) is 36.2 Å². The Morgan fingerprint density at radius 1 is 1.00 bits per heavy atom. The van der Waals surface area contributed by atoms with Crippen molar-refractivity contribution in [3.05, 3.63) is 59.7 Å². The molecular formula is C25H31N3O3. The molecule has 0 unspecified atom stereocenters. The van der Waals surface area contributed by atoms with E-state index in [-0.39, 0.29) is 11.8 Å². The van der Waals surface area contributed by atoms with E-state index in [0.717, 1.165) is 35.7 Å². The molecule has 0 aromatic heterocycles. The molecule has 2 aromatic rings. The van der Waals surface area contributed by atoms with Crippen LogP contribution in [0.2, 0.25) is 0 Å². The topological polar surface area (TPSA) is 53.1 Å². The van der Waals surface area contributed by atoms with Gasteiger partial charge in [0.15, 0.2) is 0 Å². The second-order valence-electron chi connectivity index (χ2n) is 8.75. The quantitative estimate of drug-likeness (QED) is 0.717. The molecule has 0 saturated carbocycles. The summed E-state index contributed by atoms with van der Waals surface area (Å²) in [6, 6.07) is 15.3. The number of benzene rings is 2. The number of ether oxygens (including phenoxy) is 1. The largest absolute Gasteiger partial charge is 0.497 e. The number of hydrogen-bond acceptors (Lipinski definition) is 4. The molecule has 1 saturated heterocycles. The third kappa shape index (κ3) is 4.38. The van der Waals surface area contributed by atoms with Gasteiger partial charge in [0.05, 0.1) is 7.11 Å². The number of amides is 2. The van der Waals surface area contributed by atoms with Crippen molar-refractivity contribution < 1.29 is 14.3 Å². The molecule has 2 heterocycles. The lowest BCUT2D eigenvalue weighted by Gasteiger charge is -2.39. The number of carbonyl (C=O) groups excluding carboxylic acids is 2. The number of hydrogen-bond donors (Lipinski definition) is 0. The molecule has 2 aliphatic heterocycles. The maximum Gasteiger partial charge on any atom is 0.255 e. The number of carbonyl (C=O) groups is 2. The van der Waals surface area contributed by atoms with Crippen LogP contribution in [-0.4, -0.2) is 60.9 Å². The Morgan fingerprint density at radius 3 is 2.29 bits per heavy atom. The normalized spacial score (nSPS) is 17.2. The van der Waals surface area contributed by atoms with Gasteiger partial charge in [0.2, 0.25) is 5.91 Å². The van der Waals surface area contributed by atoms with E-state index in [2.05, 4.69) is 30.9 Å². The van der Waals surface area contributed by atoms with Gasteiger partial charge in [0, 0.05) is 44.0 Å². The summed E-state index contributed by atoms with van der Waals surface area (Å²) >= 11 is 0. The van der Waals surface area contributed by atoms with Crippen molar-refractivity contribution in [2.45, 2.75) is 32.9 Å². The maximum atomic E-state index is 13.5. The number of methoxy groups -OCH3 is 1. The fourth-order valence-corrected chi connectivity index (χ4v) is 4.53. The molecule has 2 amide bonds. The zero-order chi connectivity index (χ0) is 22.0. The van der Waals surface area contributed by atoms with E-state index in [1.165, 1.54) is 0 Å². The molecule has 2 aliphatic rings. The fourth-order valence-electron chi connectivity index (χ4n) is 4.53. The molecule has 164 valence electrons. The van der Waals surface area contributed by atoms with Crippen molar-refractivity contribution in [2.24, 2.45) is 5.92 Å². The van der Waals surface area contributed by atoms with Crippen LogP contribution >= 0.6 is 0 Å². The van der Waals surface area contributed by atoms with Crippen LogP contribution in [0.25, 0.3) is 0 Å². The van der Waals surface area contributed by atoms with Gasteiger partial charge in [0.1, 0.15) is 11.8 Å². The molecule has 4 rings (SSSR count). The zero-order valence-electron chi connectivity index (χ0n) is 18.6. The van der Waals surface area contributed by atoms with E-state index < -0.39 is 6.04 Å². The van der Waals surface area contributed by atoms with Crippen molar-refractivity contribution >= 4 is 17.5 Å². The van der Waals surface area contributed by atoms with Crippen molar-refractivity contribution in [1.82, 2.24) is 9.80 Å². The van der Waals surface area contributed by atoms with Crippen LogP contribution < -0.4 is 9.64 Å². The van der Waals surface area contributed by atoms with Gasteiger partial charge in [-0.3, -0.25) is 9.59 Å². The highest BCUT2D eigenvalue weighted by atomic mass is 16.5. The van der Waals surface area contributed by atoms with Gasteiger partial charge in [0.25, 0.3) is 5.91 Å². The zero-order valence-corrected chi connectivity index (χ0v) is 18.6. The Morgan fingerprint density at radius 2 is 1.68 bits per heavy atom. The Labute approximate surface area is 184 Å². The highest BCUT2D eigenvalue weighted by molar-refractivity contribution is 6.01. The summed E-state index contributed by atoms with van der Waals surface area (Å²) in [6.45, 7) is 7.61. The fraction of sp³-hybridized carbons (Fsp3) is 0.440.